The molecule has 0 radical (unpaired) electrons. The Bertz CT molecular complexity index is 509. The molecule has 94 valence electrons. The first-order valence-electron chi connectivity index (χ1n) is 5.49. The van der Waals surface area contributed by atoms with Gasteiger partial charge in [0, 0.05) is 18.2 Å². The Balaban J connectivity index is 1.96. The molecule has 0 saturated heterocycles. The smallest absolute Gasteiger partial charge is 0.269 e. The molecular formula is C11H13N5O2. The molecule has 7 nitrogen and oxygen atoms in total. The average Bonchev–Trinajstić information content (AvgIpc) is 2.89. The summed E-state index contributed by atoms with van der Waals surface area (Å²) in [6.07, 6.45) is 1.45. The largest absolute Gasteiger partial charge is 0.303 e. The maximum atomic E-state index is 10.5. The Hall–Kier alpha value is -2.28. The van der Waals surface area contributed by atoms with Crippen molar-refractivity contribution in [3.8, 4) is 0 Å². The van der Waals surface area contributed by atoms with Gasteiger partial charge in [0.15, 0.2) is 0 Å². The molecule has 0 aliphatic heterocycles. The first-order chi connectivity index (χ1) is 8.66. The number of rotatable bonds is 5. The van der Waals surface area contributed by atoms with Crippen LogP contribution in [0.15, 0.2) is 30.6 Å². The fraction of sp³-hybridized carbons (Fsp3) is 0.273. The van der Waals surface area contributed by atoms with Crippen LogP contribution in [0, 0.1) is 10.1 Å². The first kappa shape index (κ1) is 12.2. The summed E-state index contributed by atoms with van der Waals surface area (Å²) in [5.41, 5.74) is 1.08. The minimum absolute atomic E-state index is 0.0795. The Kier molecular flexibility index (Phi) is 3.63. The monoisotopic (exact) mass is 247 g/mol. The fourth-order valence-corrected chi connectivity index (χ4v) is 1.57. The molecule has 1 atom stereocenters. The molecule has 1 aromatic carbocycles. The van der Waals surface area contributed by atoms with Crippen LogP contribution >= 0.6 is 0 Å². The number of non-ortho nitro benzene ring substituents is 1. The van der Waals surface area contributed by atoms with E-state index in [1.807, 2.05) is 6.92 Å². The molecule has 1 heterocycles. The van der Waals surface area contributed by atoms with Gasteiger partial charge in [-0.1, -0.05) is 12.1 Å². The van der Waals surface area contributed by atoms with Crippen LogP contribution in [0.2, 0.25) is 0 Å². The highest BCUT2D eigenvalue weighted by molar-refractivity contribution is 5.34. The van der Waals surface area contributed by atoms with Gasteiger partial charge in [0.05, 0.1) is 11.5 Å². The molecule has 0 aliphatic carbocycles. The third kappa shape index (κ3) is 2.89. The fourth-order valence-electron chi connectivity index (χ4n) is 1.57. The second-order valence-corrected chi connectivity index (χ2v) is 3.88. The summed E-state index contributed by atoms with van der Waals surface area (Å²) in [7, 11) is 0. The molecule has 0 bridgehead atoms. The number of hydrogen-bond acceptors (Lipinski definition) is 5. The number of nitro groups is 1. The maximum Gasteiger partial charge on any atom is 0.269 e. The molecule has 18 heavy (non-hydrogen) atoms. The third-order valence-electron chi connectivity index (χ3n) is 2.64. The summed E-state index contributed by atoms with van der Waals surface area (Å²) in [5, 5.41) is 20.3. The van der Waals surface area contributed by atoms with Crippen molar-refractivity contribution in [1.29, 1.82) is 0 Å². The van der Waals surface area contributed by atoms with Gasteiger partial charge in [-0.15, -0.1) is 0 Å². The van der Waals surface area contributed by atoms with E-state index < -0.39 is 4.92 Å². The van der Waals surface area contributed by atoms with Crippen molar-refractivity contribution in [1.82, 2.24) is 20.5 Å². The van der Waals surface area contributed by atoms with Gasteiger partial charge in [0.1, 0.15) is 12.2 Å². The van der Waals surface area contributed by atoms with Gasteiger partial charge < -0.3 is 5.32 Å². The van der Waals surface area contributed by atoms with Gasteiger partial charge in [-0.3, -0.25) is 15.2 Å². The lowest BCUT2D eigenvalue weighted by atomic mass is 10.1. The lowest BCUT2D eigenvalue weighted by molar-refractivity contribution is -0.384. The van der Waals surface area contributed by atoms with Crippen LogP contribution in [-0.4, -0.2) is 20.1 Å². The summed E-state index contributed by atoms with van der Waals surface area (Å²) in [4.78, 5) is 14.1. The van der Waals surface area contributed by atoms with Crippen molar-refractivity contribution < 1.29 is 4.92 Å². The summed E-state index contributed by atoms with van der Waals surface area (Å²) in [6, 6.07) is 6.58. The Morgan fingerprint density at radius 2 is 2.17 bits per heavy atom. The quantitative estimate of drug-likeness (QED) is 0.617. The van der Waals surface area contributed by atoms with Gasteiger partial charge in [-0.25, -0.2) is 4.98 Å². The van der Waals surface area contributed by atoms with E-state index in [-0.39, 0.29) is 11.7 Å². The van der Waals surface area contributed by atoms with Crippen LogP contribution in [0.1, 0.15) is 24.4 Å². The number of nitrogens with one attached hydrogen (secondary N) is 2. The van der Waals surface area contributed by atoms with Gasteiger partial charge in [-0.2, -0.15) is 5.10 Å². The van der Waals surface area contributed by atoms with Crippen LogP contribution in [0.25, 0.3) is 0 Å². The van der Waals surface area contributed by atoms with Crippen LogP contribution in [0.4, 0.5) is 5.69 Å². The van der Waals surface area contributed by atoms with E-state index in [1.54, 1.807) is 12.1 Å². The Morgan fingerprint density at radius 3 is 2.72 bits per heavy atom. The van der Waals surface area contributed by atoms with E-state index in [1.165, 1.54) is 18.5 Å². The Morgan fingerprint density at radius 1 is 1.44 bits per heavy atom. The zero-order chi connectivity index (χ0) is 13.0. The van der Waals surface area contributed by atoms with Crippen molar-refractivity contribution in [2.24, 2.45) is 0 Å². The second kappa shape index (κ2) is 5.37. The molecule has 2 N–H and O–H groups in total. The molecule has 0 amide bonds. The Labute approximate surface area is 103 Å². The molecule has 1 aromatic heterocycles. The number of nitro benzene ring substituents is 1. The average molecular weight is 247 g/mol. The molecule has 7 heteroatoms. The highest BCUT2D eigenvalue weighted by Gasteiger charge is 2.09. The third-order valence-corrected chi connectivity index (χ3v) is 2.64. The summed E-state index contributed by atoms with van der Waals surface area (Å²) in [5.74, 6) is 0.753. The number of aromatic amines is 1. The van der Waals surface area contributed by atoms with E-state index in [4.69, 9.17) is 0 Å². The van der Waals surface area contributed by atoms with Crippen molar-refractivity contribution in [2.75, 3.05) is 0 Å². The highest BCUT2D eigenvalue weighted by Crippen LogP contribution is 2.17. The van der Waals surface area contributed by atoms with Gasteiger partial charge in [-0.05, 0) is 12.5 Å². The molecular weight excluding hydrogens is 234 g/mol. The maximum absolute atomic E-state index is 10.5. The summed E-state index contributed by atoms with van der Waals surface area (Å²) >= 11 is 0. The van der Waals surface area contributed by atoms with E-state index in [0.717, 1.165) is 11.4 Å². The number of H-pyrrole nitrogens is 1. The number of aromatic nitrogens is 3. The first-order valence-corrected chi connectivity index (χ1v) is 5.49. The number of nitrogens with zero attached hydrogens (tertiary/aromatic N) is 3. The summed E-state index contributed by atoms with van der Waals surface area (Å²) < 4.78 is 0. The van der Waals surface area contributed by atoms with Crippen molar-refractivity contribution in [2.45, 2.75) is 19.5 Å². The topological polar surface area (TPSA) is 96.7 Å². The van der Waals surface area contributed by atoms with E-state index in [2.05, 4.69) is 20.5 Å². The lowest BCUT2D eigenvalue weighted by Gasteiger charge is -2.12. The molecule has 0 saturated carbocycles. The number of hydrogen-bond donors (Lipinski definition) is 2. The predicted molar refractivity (Wildman–Crippen MR) is 64.7 cm³/mol. The van der Waals surface area contributed by atoms with Crippen molar-refractivity contribution >= 4 is 5.69 Å². The van der Waals surface area contributed by atoms with Gasteiger partial charge in [0.25, 0.3) is 5.69 Å². The van der Waals surface area contributed by atoms with Gasteiger partial charge in [0.2, 0.25) is 0 Å². The molecule has 0 aliphatic rings. The second-order valence-electron chi connectivity index (χ2n) is 3.88. The van der Waals surface area contributed by atoms with Crippen molar-refractivity contribution in [3.63, 3.8) is 0 Å². The van der Waals surface area contributed by atoms with E-state index in [9.17, 15) is 10.1 Å². The standard InChI is InChI=1S/C11H13N5O2/c1-8(12-6-11-13-7-14-15-11)9-2-4-10(5-3-9)16(17)18/h2-5,7-8,12H,6H2,1H3,(H,13,14,15). The lowest BCUT2D eigenvalue weighted by Crippen LogP contribution is -2.18. The molecule has 2 aromatic rings. The zero-order valence-corrected chi connectivity index (χ0v) is 9.83. The molecule has 0 fully saturated rings. The zero-order valence-electron chi connectivity index (χ0n) is 9.83. The molecule has 2 rings (SSSR count). The van der Waals surface area contributed by atoms with Crippen LogP contribution in [-0.2, 0) is 6.54 Å². The van der Waals surface area contributed by atoms with Crippen LogP contribution in [0.3, 0.4) is 0 Å². The normalized spacial score (nSPS) is 12.3. The molecule has 0 spiro atoms. The van der Waals surface area contributed by atoms with E-state index in [0.29, 0.717) is 6.54 Å². The van der Waals surface area contributed by atoms with Gasteiger partial charge >= 0.3 is 0 Å². The minimum atomic E-state index is -0.406. The van der Waals surface area contributed by atoms with E-state index >= 15 is 0 Å². The van der Waals surface area contributed by atoms with Crippen molar-refractivity contribution in [3.05, 3.63) is 52.1 Å². The molecule has 1 unspecified atom stereocenters. The SMILES string of the molecule is CC(NCc1ncn[nH]1)c1ccc([N+](=O)[O-])cc1. The minimum Gasteiger partial charge on any atom is -0.303 e. The predicted octanol–water partition coefficient (Wildman–Crippen LogP) is 1.56. The van der Waals surface area contributed by atoms with Crippen LogP contribution < -0.4 is 5.32 Å². The van der Waals surface area contributed by atoms with Crippen LogP contribution in [0.5, 0.6) is 0 Å². The summed E-state index contributed by atoms with van der Waals surface area (Å²) in [6.45, 7) is 2.55. The highest BCUT2D eigenvalue weighted by atomic mass is 16.6. The number of benzene rings is 1.